The van der Waals surface area contributed by atoms with E-state index in [1.54, 1.807) is 0 Å². The summed E-state index contributed by atoms with van der Waals surface area (Å²) < 4.78 is 0. The van der Waals surface area contributed by atoms with E-state index < -0.39 is 0 Å². The zero-order valence-corrected chi connectivity index (χ0v) is 12.6. The molecular weight excluding hydrogens is 252 g/mol. The van der Waals surface area contributed by atoms with Crippen molar-refractivity contribution in [1.82, 2.24) is 4.98 Å². The second-order valence-corrected chi connectivity index (χ2v) is 5.68. The van der Waals surface area contributed by atoms with Crippen LogP contribution in [0, 0.1) is 20.8 Å². The van der Waals surface area contributed by atoms with Crippen molar-refractivity contribution in [1.29, 1.82) is 0 Å². The molecule has 0 aliphatic rings. The van der Waals surface area contributed by atoms with Crippen LogP contribution in [-0.2, 0) is 0 Å². The third kappa shape index (κ3) is 2.49. The van der Waals surface area contributed by atoms with E-state index >= 15 is 0 Å². The first-order valence-corrected chi connectivity index (χ1v) is 6.99. The summed E-state index contributed by atoms with van der Waals surface area (Å²) in [5, 5.41) is 2.01. The smallest absolute Gasteiger partial charge is 0.140 e. The average Bonchev–Trinajstić information content (AvgIpc) is 2.42. The van der Waals surface area contributed by atoms with E-state index in [2.05, 4.69) is 55.2 Å². The van der Waals surface area contributed by atoms with Gasteiger partial charge in [-0.25, -0.2) is 0 Å². The summed E-state index contributed by atoms with van der Waals surface area (Å²) in [6, 6.07) is 12.6. The first kappa shape index (κ1) is 13.9. The van der Waals surface area contributed by atoms with E-state index in [9.17, 15) is 0 Å². The molecule has 0 unspecified atom stereocenters. The summed E-state index contributed by atoms with van der Waals surface area (Å²) in [5.41, 5.74) is 6.50. The van der Waals surface area contributed by atoms with Gasteiger partial charge in [-0.05, 0) is 43.9 Å². The first-order chi connectivity index (χ1) is 9.95. The topological polar surface area (TPSA) is 12.9 Å². The van der Waals surface area contributed by atoms with Crippen LogP contribution >= 0.6 is 0 Å². The molecule has 0 fully saturated rings. The normalized spacial score (nSPS) is 11.0. The SMILES string of the molecule is [B]c1nc(-c2cc(C)cc(C)c2)c2ccc(C)cc2c1[B]. The van der Waals surface area contributed by atoms with Crippen molar-refractivity contribution >= 4 is 37.5 Å². The molecular formula is C18H15B2N. The van der Waals surface area contributed by atoms with Gasteiger partial charge < -0.3 is 0 Å². The summed E-state index contributed by atoms with van der Waals surface area (Å²) in [6.07, 6.45) is 0. The Labute approximate surface area is 128 Å². The summed E-state index contributed by atoms with van der Waals surface area (Å²) in [4.78, 5) is 4.54. The van der Waals surface area contributed by atoms with Crippen molar-refractivity contribution in [2.24, 2.45) is 0 Å². The van der Waals surface area contributed by atoms with Crippen LogP contribution < -0.4 is 11.1 Å². The Bertz CT molecular complexity index is 833. The van der Waals surface area contributed by atoms with Gasteiger partial charge in [0.05, 0.1) is 5.69 Å². The number of aryl methyl sites for hydroxylation is 3. The number of hydrogen-bond donors (Lipinski definition) is 0. The van der Waals surface area contributed by atoms with Gasteiger partial charge in [-0.2, -0.15) is 0 Å². The highest BCUT2D eigenvalue weighted by molar-refractivity contribution is 6.52. The fraction of sp³-hybridized carbons (Fsp3) is 0.167. The van der Waals surface area contributed by atoms with Crippen LogP contribution in [0.3, 0.4) is 0 Å². The Morgan fingerprint density at radius 1 is 0.762 bits per heavy atom. The van der Waals surface area contributed by atoms with Gasteiger partial charge in [0, 0.05) is 10.9 Å². The first-order valence-electron chi connectivity index (χ1n) is 6.99. The molecule has 98 valence electrons. The third-order valence-electron chi connectivity index (χ3n) is 3.72. The van der Waals surface area contributed by atoms with Gasteiger partial charge in [0.25, 0.3) is 0 Å². The zero-order chi connectivity index (χ0) is 15.1. The van der Waals surface area contributed by atoms with Crippen molar-refractivity contribution in [3.05, 3.63) is 53.1 Å². The molecule has 3 aromatic rings. The predicted octanol–water partition coefficient (Wildman–Crippen LogP) is 2.41. The van der Waals surface area contributed by atoms with Crippen LogP contribution in [0.2, 0.25) is 0 Å². The van der Waals surface area contributed by atoms with Gasteiger partial charge in [0.15, 0.2) is 0 Å². The minimum absolute atomic E-state index is 0.391. The molecule has 0 saturated heterocycles. The van der Waals surface area contributed by atoms with E-state index in [1.807, 2.05) is 6.92 Å². The zero-order valence-electron chi connectivity index (χ0n) is 12.6. The van der Waals surface area contributed by atoms with Crippen LogP contribution in [0.5, 0.6) is 0 Å². The highest BCUT2D eigenvalue weighted by Gasteiger charge is 2.10. The molecule has 4 radical (unpaired) electrons. The van der Waals surface area contributed by atoms with E-state index in [1.165, 1.54) is 11.1 Å². The van der Waals surface area contributed by atoms with Gasteiger partial charge in [-0.3, -0.25) is 4.98 Å². The molecule has 0 spiro atoms. The van der Waals surface area contributed by atoms with Crippen LogP contribution in [0.15, 0.2) is 36.4 Å². The van der Waals surface area contributed by atoms with Crippen LogP contribution in [0.25, 0.3) is 22.0 Å². The summed E-state index contributed by atoms with van der Waals surface area (Å²) in [7, 11) is 12.1. The standard InChI is InChI=1S/C18H15B2N/c1-10-4-5-14-15(9-10)16(19)18(20)21-17(14)13-7-11(2)6-12(3)8-13/h4-9H,1-3H3. The van der Waals surface area contributed by atoms with Crippen molar-refractivity contribution < 1.29 is 0 Å². The monoisotopic (exact) mass is 267 g/mol. The number of rotatable bonds is 1. The molecule has 0 aliphatic heterocycles. The van der Waals surface area contributed by atoms with E-state index in [0.29, 0.717) is 11.1 Å². The number of hydrogen-bond acceptors (Lipinski definition) is 1. The van der Waals surface area contributed by atoms with Crippen molar-refractivity contribution in [3.63, 3.8) is 0 Å². The fourth-order valence-corrected chi connectivity index (χ4v) is 2.80. The van der Waals surface area contributed by atoms with E-state index in [4.69, 9.17) is 15.7 Å². The summed E-state index contributed by atoms with van der Waals surface area (Å²) in [5.74, 6) is 0. The fourth-order valence-electron chi connectivity index (χ4n) is 2.80. The molecule has 0 bridgehead atoms. The Hall–Kier alpha value is -2.02. The predicted molar refractivity (Wildman–Crippen MR) is 92.2 cm³/mol. The van der Waals surface area contributed by atoms with Crippen molar-refractivity contribution in [2.75, 3.05) is 0 Å². The Morgan fingerprint density at radius 3 is 2.10 bits per heavy atom. The molecule has 3 heteroatoms. The maximum Gasteiger partial charge on any atom is 0.140 e. The number of fused-ring (bicyclic) bond motifs is 1. The molecule has 1 heterocycles. The van der Waals surface area contributed by atoms with Gasteiger partial charge in [-0.15, -0.1) is 0 Å². The van der Waals surface area contributed by atoms with Gasteiger partial charge >= 0.3 is 0 Å². The highest BCUT2D eigenvalue weighted by Crippen LogP contribution is 2.27. The molecule has 0 saturated carbocycles. The van der Waals surface area contributed by atoms with E-state index in [0.717, 1.165) is 27.6 Å². The molecule has 0 atom stereocenters. The van der Waals surface area contributed by atoms with Crippen molar-refractivity contribution in [3.8, 4) is 11.3 Å². The number of nitrogens with zero attached hydrogens (tertiary/aromatic N) is 1. The Balaban J connectivity index is 2.39. The minimum atomic E-state index is 0.391. The lowest BCUT2D eigenvalue weighted by Gasteiger charge is -2.14. The number of pyridine rings is 1. The molecule has 3 rings (SSSR count). The van der Waals surface area contributed by atoms with E-state index in [-0.39, 0.29) is 0 Å². The Kier molecular flexibility index (Phi) is 3.36. The lowest BCUT2D eigenvalue weighted by Crippen LogP contribution is -2.30. The van der Waals surface area contributed by atoms with Crippen LogP contribution in [-0.4, -0.2) is 20.7 Å². The third-order valence-corrected chi connectivity index (χ3v) is 3.72. The quantitative estimate of drug-likeness (QED) is 0.617. The average molecular weight is 267 g/mol. The lowest BCUT2D eigenvalue weighted by atomic mass is 9.80. The summed E-state index contributed by atoms with van der Waals surface area (Å²) >= 11 is 0. The second-order valence-electron chi connectivity index (χ2n) is 5.68. The molecule has 1 aromatic heterocycles. The molecule has 0 aliphatic carbocycles. The maximum atomic E-state index is 6.11. The number of aromatic nitrogens is 1. The maximum absolute atomic E-state index is 6.11. The molecule has 1 nitrogen and oxygen atoms in total. The van der Waals surface area contributed by atoms with Crippen LogP contribution in [0.4, 0.5) is 0 Å². The molecule has 0 N–H and O–H groups in total. The lowest BCUT2D eigenvalue weighted by molar-refractivity contribution is 1.35. The Morgan fingerprint density at radius 2 is 1.43 bits per heavy atom. The minimum Gasteiger partial charge on any atom is -0.264 e. The summed E-state index contributed by atoms with van der Waals surface area (Å²) in [6.45, 7) is 6.22. The molecule has 0 amide bonds. The van der Waals surface area contributed by atoms with Crippen LogP contribution in [0.1, 0.15) is 16.7 Å². The number of benzene rings is 2. The highest BCUT2D eigenvalue weighted by atomic mass is 14.7. The van der Waals surface area contributed by atoms with Gasteiger partial charge in [0.2, 0.25) is 0 Å². The second kappa shape index (κ2) is 5.07. The van der Waals surface area contributed by atoms with Gasteiger partial charge in [0.1, 0.15) is 15.7 Å². The molecule has 21 heavy (non-hydrogen) atoms. The molecule has 2 aromatic carbocycles. The van der Waals surface area contributed by atoms with Gasteiger partial charge in [-0.1, -0.05) is 46.4 Å². The largest absolute Gasteiger partial charge is 0.264 e. The van der Waals surface area contributed by atoms with Crippen molar-refractivity contribution in [2.45, 2.75) is 20.8 Å².